The third-order valence-corrected chi connectivity index (χ3v) is 2.77. The van der Waals surface area contributed by atoms with Crippen LogP contribution in [-0.2, 0) is 4.79 Å². The van der Waals surface area contributed by atoms with Crippen LogP contribution in [0, 0.1) is 11.8 Å². The molecule has 112 valence electrons. The summed E-state index contributed by atoms with van der Waals surface area (Å²) in [5, 5.41) is 0. The molecule has 20 heavy (non-hydrogen) atoms. The smallest absolute Gasteiger partial charge is 0.260 e. The van der Waals surface area contributed by atoms with Gasteiger partial charge in [0.25, 0.3) is 5.91 Å². The van der Waals surface area contributed by atoms with E-state index in [1.54, 1.807) is 24.3 Å². The van der Waals surface area contributed by atoms with Crippen LogP contribution in [0.15, 0.2) is 24.3 Å². The van der Waals surface area contributed by atoms with Gasteiger partial charge in [0, 0.05) is 18.8 Å². The lowest BCUT2D eigenvalue weighted by Crippen LogP contribution is -2.39. The van der Waals surface area contributed by atoms with E-state index < -0.39 is 0 Å². The molecular formula is C16H26N2O2. The van der Waals surface area contributed by atoms with Gasteiger partial charge in [-0.1, -0.05) is 27.7 Å². The number of carbonyl (C=O) groups is 1. The average Bonchev–Trinajstić information content (AvgIpc) is 2.36. The van der Waals surface area contributed by atoms with Gasteiger partial charge in [0.05, 0.1) is 0 Å². The predicted octanol–water partition coefficient (Wildman–Crippen LogP) is 2.79. The Bertz CT molecular complexity index is 403. The number of amides is 1. The molecule has 0 aliphatic heterocycles. The maximum Gasteiger partial charge on any atom is 0.260 e. The lowest BCUT2D eigenvalue weighted by atomic mass is 10.1. The van der Waals surface area contributed by atoms with Crippen molar-refractivity contribution in [2.24, 2.45) is 11.8 Å². The van der Waals surface area contributed by atoms with E-state index in [-0.39, 0.29) is 12.5 Å². The molecule has 1 amide bonds. The first-order valence-corrected chi connectivity index (χ1v) is 7.14. The van der Waals surface area contributed by atoms with Crippen molar-refractivity contribution in [2.75, 3.05) is 25.4 Å². The van der Waals surface area contributed by atoms with Gasteiger partial charge in [0.15, 0.2) is 6.61 Å². The van der Waals surface area contributed by atoms with E-state index in [2.05, 4.69) is 27.7 Å². The minimum atomic E-state index is 0.0317. The van der Waals surface area contributed by atoms with Crippen LogP contribution in [0.2, 0.25) is 0 Å². The Morgan fingerprint density at radius 2 is 1.60 bits per heavy atom. The van der Waals surface area contributed by atoms with Crippen molar-refractivity contribution in [1.29, 1.82) is 0 Å². The lowest BCUT2D eigenvalue weighted by molar-refractivity contribution is -0.134. The van der Waals surface area contributed by atoms with Crippen LogP contribution < -0.4 is 10.5 Å². The van der Waals surface area contributed by atoms with Crippen molar-refractivity contribution in [3.05, 3.63) is 24.3 Å². The molecule has 0 unspecified atom stereocenters. The molecule has 4 heteroatoms. The van der Waals surface area contributed by atoms with E-state index in [1.165, 1.54) is 0 Å². The molecular weight excluding hydrogens is 252 g/mol. The highest BCUT2D eigenvalue weighted by atomic mass is 16.5. The average molecular weight is 278 g/mol. The van der Waals surface area contributed by atoms with Gasteiger partial charge in [0.2, 0.25) is 0 Å². The van der Waals surface area contributed by atoms with E-state index in [0.29, 0.717) is 23.3 Å². The number of nitrogens with zero attached hydrogens (tertiary/aromatic N) is 1. The van der Waals surface area contributed by atoms with Crippen LogP contribution in [-0.4, -0.2) is 30.5 Å². The summed E-state index contributed by atoms with van der Waals surface area (Å²) >= 11 is 0. The summed E-state index contributed by atoms with van der Waals surface area (Å²) in [4.78, 5) is 14.1. The fourth-order valence-electron chi connectivity index (χ4n) is 1.96. The van der Waals surface area contributed by atoms with Gasteiger partial charge < -0.3 is 15.4 Å². The molecule has 0 bridgehead atoms. The highest BCUT2D eigenvalue weighted by Gasteiger charge is 2.16. The Labute approximate surface area is 121 Å². The summed E-state index contributed by atoms with van der Waals surface area (Å²) in [6, 6.07) is 7.08. The second kappa shape index (κ2) is 7.78. The van der Waals surface area contributed by atoms with E-state index in [4.69, 9.17) is 10.5 Å². The number of rotatable bonds is 7. The Kier molecular flexibility index (Phi) is 6.36. The zero-order valence-electron chi connectivity index (χ0n) is 12.9. The second-order valence-corrected chi connectivity index (χ2v) is 5.94. The zero-order valence-corrected chi connectivity index (χ0v) is 12.9. The molecule has 4 nitrogen and oxygen atoms in total. The maximum absolute atomic E-state index is 12.2. The van der Waals surface area contributed by atoms with Crippen LogP contribution in [0.3, 0.4) is 0 Å². The molecule has 0 aliphatic carbocycles. The largest absolute Gasteiger partial charge is 0.484 e. The van der Waals surface area contributed by atoms with Crippen LogP contribution >= 0.6 is 0 Å². The molecule has 0 aromatic heterocycles. The molecule has 1 rings (SSSR count). The SMILES string of the molecule is CC(C)CN(CC(C)C)C(=O)COc1ccc(N)cc1. The molecule has 1 aromatic rings. The van der Waals surface area contributed by atoms with Crippen LogP contribution in [0.4, 0.5) is 5.69 Å². The van der Waals surface area contributed by atoms with Gasteiger partial charge in [-0.2, -0.15) is 0 Å². The standard InChI is InChI=1S/C16H26N2O2/c1-12(2)9-18(10-13(3)4)16(19)11-20-15-7-5-14(17)6-8-15/h5-8,12-13H,9-11,17H2,1-4H3. The van der Waals surface area contributed by atoms with Gasteiger partial charge >= 0.3 is 0 Å². The molecule has 1 aromatic carbocycles. The van der Waals surface area contributed by atoms with E-state index in [9.17, 15) is 4.79 Å². The second-order valence-electron chi connectivity index (χ2n) is 5.94. The third-order valence-electron chi connectivity index (χ3n) is 2.77. The van der Waals surface area contributed by atoms with E-state index >= 15 is 0 Å². The summed E-state index contributed by atoms with van der Waals surface area (Å²) in [6.07, 6.45) is 0. The number of ether oxygens (including phenoxy) is 1. The Hall–Kier alpha value is -1.71. The third kappa shape index (κ3) is 5.95. The molecule has 0 atom stereocenters. The van der Waals surface area contributed by atoms with Gasteiger partial charge in [0.1, 0.15) is 5.75 Å². The quantitative estimate of drug-likeness (QED) is 0.780. The van der Waals surface area contributed by atoms with Gasteiger partial charge in [-0.25, -0.2) is 0 Å². The van der Waals surface area contributed by atoms with Gasteiger partial charge in [-0.15, -0.1) is 0 Å². The first-order chi connectivity index (χ1) is 9.38. The number of anilines is 1. The summed E-state index contributed by atoms with van der Waals surface area (Å²) in [5.74, 6) is 1.61. The fourth-order valence-corrected chi connectivity index (χ4v) is 1.96. The topological polar surface area (TPSA) is 55.6 Å². The minimum absolute atomic E-state index is 0.0317. The predicted molar refractivity (Wildman–Crippen MR) is 82.6 cm³/mol. The Morgan fingerprint density at radius 3 is 2.05 bits per heavy atom. The van der Waals surface area contributed by atoms with Crippen molar-refractivity contribution in [2.45, 2.75) is 27.7 Å². The number of carbonyl (C=O) groups excluding carboxylic acids is 1. The molecule has 0 fully saturated rings. The number of hydrogen-bond donors (Lipinski definition) is 1. The summed E-state index contributed by atoms with van der Waals surface area (Å²) in [6.45, 7) is 10.1. The van der Waals surface area contributed by atoms with Crippen molar-refractivity contribution in [1.82, 2.24) is 4.90 Å². The van der Waals surface area contributed by atoms with Gasteiger partial charge in [-0.3, -0.25) is 4.79 Å². The number of benzene rings is 1. The minimum Gasteiger partial charge on any atom is -0.484 e. The Balaban J connectivity index is 2.54. The molecule has 0 saturated carbocycles. The zero-order chi connectivity index (χ0) is 15.1. The van der Waals surface area contributed by atoms with Crippen molar-refractivity contribution >= 4 is 11.6 Å². The number of nitrogens with two attached hydrogens (primary N) is 1. The van der Waals surface area contributed by atoms with Crippen molar-refractivity contribution in [3.8, 4) is 5.75 Å². The molecule has 0 spiro atoms. The van der Waals surface area contributed by atoms with Crippen LogP contribution in [0.25, 0.3) is 0 Å². The van der Waals surface area contributed by atoms with E-state index in [1.807, 2.05) is 4.90 Å². The van der Waals surface area contributed by atoms with Crippen molar-refractivity contribution < 1.29 is 9.53 Å². The normalized spacial score (nSPS) is 10.9. The monoisotopic (exact) mass is 278 g/mol. The number of nitrogen functional groups attached to an aromatic ring is 1. The first-order valence-electron chi connectivity index (χ1n) is 7.14. The van der Waals surface area contributed by atoms with Crippen LogP contribution in [0.5, 0.6) is 5.75 Å². The van der Waals surface area contributed by atoms with Crippen LogP contribution in [0.1, 0.15) is 27.7 Å². The molecule has 0 aliphatic rings. The number of hydrogen-bond acceptors (Lipinski definition) is 3. The molecule has 0 saturated heterocycles. The summed E-state index contributed by atoms with van der Waals surface area (Å²) in [7, 11) is 0. The van der Waals surface area contributed by atoms with Gasteiger partial charge in [-0.05, 0) is 36.1 Å². The van der Waals surface area contributed by atoms with E-state index in [0.717, 1.165) is 13.1 Å². The Morgan fingerprint density at radius 1 is 1.10 bits per heavy atom. The highest BCUT2D eigenvalue weighted by Crippen LogP contribution is 2.13. The summed E-state index contributed by atoms with van der Waals surface area (Å²) in [5.41, 5.74) is 6.29. The maximum atomic E-state index is 12.2. The van der Waals surface area contributed by atoms with Crippen molar-refractivity contribution in [3.63, 3.8) is 0 Å². The fraction of sp³-hybridized carbons (Fsp3) is 0.562. The molecule has 0 radical (unpaired) electrons. The highest BCUT2D eigenvalue weighted by molar-refractivity contribution is 5.77. The first kappa shape index (κ1) is 16.3. The molecule has 2 N–H and O–H groups in total. The lowest BCUT2D eigenvalue weighted by Gasteiger charge is -2.26. The summed E-state index contributed by atoms with van der Waals surface area (Å²) < 4.78 is 5.52. The molecule has 0 heterocycles.